The first-order valence-electron chi connectivity index (χ1n) is 12.9. The Morgan fingerprint density at radius 2 is 1.64 bits per heavy atom. The fourth-order valence-electron chi connectivity index (χ4n) is 4.87. The Kier molecular flexibility index (Phi) is 6.94. The van der Waals surface area contributed by atoms with Crippen LogP contribution < -0.4 is 4.90 Å². The van der Waals surface area contributed by atoms with Crippen LogP contribution >= 0.6 is 11.8 Å². The summed E-state index contributed by atoms with van der Waals surface area (Å²) < 4.78 is 11.1. The summed E-state index contributed by atoms with van der Waals surface area (Å²) >= 11 is 1.72. The number of furan rings is 1. The molecular formula is C31H27N3O4S. The summed E-state index contributed by atoms with van der Waals surface area (Å²) in [5, 5.41) is 6.00. The fourth-order valence-corrected chi connectivity index (χ4v) is 5.96. The maximum Gasteiger partial charge on any atom is 0.308 e. The topological polar surface area (TPSA) is 75.4 Å². The monoisotopic (exact) mass is 537 g/mol. The van der Waals surface area contributed by atoms with Crippen molar-refractivity contribution in [3.8, 4) is 0 Å². The Bertz CT molecular complexity index is 1490. The van der Waals surface area contributed by atoms with Crippen molar-refractivity contribution in [1.82, 2.24) is 5.01 Å². The van der Waals surface area contributed by atoms with Gasteiger partial charge in [0.15, 0.2) is 6.61 Å². The van der Waals surface area contributed by atoms with Gasteiger partial charge in [0.05, 0.1) is 29.8 Å². The van der Waals surface area contributed by atoms with E-state index in [4.69, 9.17) is 9.15 Å². The van der Waals surface area contributed by atoms with Crippen LogP contribution in [0.5, 0.6) is 0 Å². The van der Waals surface area contributed by atoms with Crippen molar-refractivity contribution in [2.24, 2.45) is 5.10 Å². The van der Waals surface area contributed by atoms with Crippen LogP contribution in [0, 0.1) is 6.92 Å². The molecule has 2 aliphatic heterocycles. The molecule has 3 heterocycles. The molecule has 3 aromatic carbocycles. The first kappa shape index (κ1) is 25.0. The minimum absolute atomic E-state index is 0.139. The lowest BCUT2D eigenvalue weighted by Crippen LogP contribution is -2.32. The number of carbonyl (C=O) groups excluding carboxylic acids is 2. The van der Waals surface area contributed by atoms with Crippen LogP contribution in [0.3, 0.4) is 0 Å². The highest BCUT2D eigenvalue weighted by molar-refractivity contribution is 7.99. The molecule has 0 radical (unpaired) electrons. The molecule has 0 fully saturated rings. The smallest absolute Gasteiger partial charge is 0.308 e. The van der Waals surface area contributed by atoms with E-state index >= 15 is 0 Å². The molecule has 7 nitrogen and oxygen atoms in total. The van der Waals surface area contributed by atoms with Gasteiger partial charge in [-0.2, -0.15) is 5.10 Å². The molecule has 39 heavy (non-hydrogen) atoms. The molecule has 8 heteroatoms. The first-order valence-corrected chi connectivity index (χ1v) is 13.7. The van der Waals surface area contributed by atoms with Gasteiger partial charge in [-0.05, 0) is 48.9 Å². The quantitative estimate of drug-likeness (QED) is 0.251. The highest BCUT2D eigenvalue weighted by Gasteiger charge is 2.35. The van der Waals surface area contributed by atoms with Gasteiger partial charge >= 0.3 is 5.97 Å². The van der Waals surface area contributed by atoms with Crippen LogP contribution in [0.25, 0.3) is 0 Å². The highest BCUT2D eigenvalue weighted by Crippen LogP contribution is 2.47. The number of benzene rings is 3. The van der Waals surface area contributed by atoms with Gasteiger partial charge in [-0.1, -0.05) is 65.9 Å². The lowest BCUT2D eigenvalue weighted by Gasteiger charge is -2.32. The van der Waals surface area contributed by atoms with E-state index in [0.717, 1.165) is 38.0 Å². The summed E-state index contributed by atoms with van der Waals surface area (Å²) in [6.45, 7) is 2.08. The van der Waals surface area contributed by atoms with Crippen LogP contribution in [-0.4, -0.2) is 35.7 Å². The van der Waals surface area contributed by atoms with Gasteiger partial charge in [-0.15, -0.1) is 0 Å². The summed E-state index contributed by atoms with van der Waals surface area (Å²) in [6.07, 6.45) is 2.24. The molecule has 0 saturated heterocycles. The Hall–Kier alpha value is -4.30. The summed E-state index contributed by atoms with van der Waals surface area (Å²) in [4.78, 5) is 30.4. The zero-order valence-electron chi connectivity index (χ0n) is 21.4. The van der Waals surface area contributed by atoms with E-state index in [1.54, 1.807) is 24.1 Å². The average molecular weight is 538 g/mol. The van der Waals surface area contributed by atoms with Crippen LogP contribution in [0.15, 0.2) is 111 Å². The summed E-state index contributed by atoms with van der Waals surface area (Å²) in [6, 6.07) is 27.5. The van der Waals surface area contributed by atoms with Gasteiger partial charge in [0.25, 0.3) is 5.91 Å². The predicted octanol–water partition coefficient (Wildman–Crippen LogP) is 6.50. The second kappa shape index (κ2) is 10.8. The van der Waals surface area contributed by atoms with Crippen molar-refractivity contribution in [3.63, 3.8) is 0 Å². The molecule has 0 aliphatic carbocycles. The van der Waals surface area contributed by atoms with E-state index < -0.39 is 11.9 Å². The normalized spacial score (nSPS) is 15.9. The molecule has 1 atom stereocenters. The Morgan fingerprint density at radius 3 is 2.31 bits per heavy atom. The summed E-state index contributed by atoms with van der Waals surface area (Å²) in [5.41, 5.74) is 5.00. The van der Waals surface area contributed by atoms with Crippen molar-refractivity contribution in [2.75, 3.05) is 18.1 Å². The van der Waals surface area contributed by atoms with Gasteiger partial charge < -0.3 is 14.1 Å². The molecule has 196 valence electrons. The molecule has 1 amide bonds. The van der Waals surface area contributed by atoms with Gasteiger partial charge in [0.2, 0.25) is 0 Å². The van der Waals surface area contributed by atoms with Crippen LogP contribution in [0.1, 0.15) is 35.8 Å². The van der Waals surface area contributed by atoms with E-state index in [0.29, 0.717) is 18.7 Å². The van der Waals surface area contributed by atoms with Crippen molar-refractivity contribution in [2.45, 2.75) is 35.6 Å². The molecule has 0 N–H and O–H groups in total. The zero-order valence-corrected chi connectivity index (χ0v) is 22.3. The number of hydrogen-bond donors (Lipinski definition) is 0. The van der Waals surface area contributed by atoms with E-state index in [9.17, 15) is 9.59 Å². The molecule has 0 unspecified atom stereocenters. The maximum absolute atomic E-state index is 13.2. The average Bonchev–Trinajstić information content (AvgIpc) is 3.65. The third-order valence-corrected chi connectivity index (χ3v) is 7.98. The number of para-hydroxylation sites is 2. The number of fused-ring (bicyclic) bond motifs is 2. The summed E-state index contributed by atoms with van der Waals surface area (Å²) in [7, 11) is 0. The molecule has 4 aromatic rings. The lowest BCUT2D eigenvalue weighted by atomic mass is 10.0. The minimum Gasteiger partial charge on any atom is -0.467 e. The number of carbonyl (C=O) groups is 2. The lowest BCUT2D eigenvalue weighted by molar-refractivity contribution is -0.152. The zero-order chi connectivity index (χ0) is 26.8. The van der Waals surface area contributed by atoms with E-state index in [1.165, 1.54) is 5.01 Å². The minimum atomic E-state index is -0.437. The molecule has 2 aliphatic rings. The second-order valence-electron chi connectivity index (χ2n) is 9.49. The van der Waals surface area contributed by atoms with Crippen molar-refractivity contribution < 1.29 is 18.7 Å². The van der Waals surface area contributed by atoms with Crippen LogP contribution in [0.2, 0.25) is 0 Å². The number of rotatable bonds is 7. The number of amides is 1. The number of aryl methyl sites for hydroxylation is 1. The summed E-state index contributed by atoms with van der Waals surface area (Å²) in [5.74, 6) is -0.189. The van der Waals surface area contributed by atoms with Gasteiger partial charge in [0.1, 0.15) is 11.8 Å². The third kappa shape index (κ3) is 5.20. The van der Waals surface area contributed by atoms with Crippen LogP contribution in [0.4, 0.5) is 11.4 Å². The van der Waals surface area contributed by atoms with E-state index in [1.807, 2.05) is 61.5 Å². The standard InChI is InChI=1S/C31H27N3O4S/c1-21-12-14-22(15-13-21)23-19-26(27-9-6-18-37-27)34(32-23)30(35)20-38-31(36)16-17-33-24-7-2-4-10-28(24)39-29-11-5-3-8-25(29)33/h2-15,18,26H,16-17,19-20H2,1H3/t26-/m1/s1. The van der Waals surface area contributed by atoms with Gasteiger partial charge in [0, 0.05) is 22.8 Å². The number of ether oxygens (including phenoxy) is 1. The number of nitrogens with zero attached hydrogens (tertiary/aromatic N) is 3. The van der Waals surface area contributed by atoms with Crippen molar-refractivity contribution >= 4 is 40.7 Å². The predicted molar refractivity (Wildman–Crippen MR) is 150 cm³/mol. The Labute approximate surface area is 231 Å². The third-order valence-electron chi connectivity index (χ3n) is 6.85. The SMILES string of the molecule is Cc1ccc(C2=NN(C(=O)COC(=O)CCN3c4ccccc4Sc4ccccc43)[C@@H](c3ccco3)C2)cc1. The number of esters is 1. The number of hydrazone groups is 1. The number of anilines is 2. The molecule has 0 bridgehead atoms. The molecular weight excluding hydrogens is 510 g/mol. The fraction of sp³-hybridized carbons (Fsp3) is 0.194. The molecule has 6 rings (SSSR count). The van der Waals surface area contributed by atoms with E-state index in [-0.39, 0.29) is 19.1 Å². The number of hydrogen-bond acceptors (Lipinski definition) is 7. The van der Waals surface area contributed by atoms with Crippen molar-refractivity contribution in [3.05, 3.63) is 108 Å². The van der Waals surface area contributed by atoms with Gasteiger partial charge in [-0.25, -0.2) is 5.01 Å². The van der Waals surface area contributed by atoms with E-state index in [2.05, 4.69) is 34.3 Å². The highest BCUT2D eigenvalue weighted by atomic mass is 32.2. The Balaban J connectivity index is 1.12. The first-order chi connectivity index (χ1) is 19.1. The molecule has 0 spiro atoms. The van der Waals surface area contributed by atoms with Gasteiger partial charge in [-0.3, -0.25) is 9.59 Å². The molecule has 1 aromatic heterocycles. The molecule has 0 saturated carbocycles. The second-order valence-corrected chi connectivity index (χ2v) is 10.6. The largest absolute Gasteiger partial charge is 0.467 e. The Morgan fingerprint density at radius 1 is 0.949 bits per heavy atom. The van der Waals surface area contributed by atoms with Crippen LogP contribution in [-0.2, 0) is 14.3 Å². The maximum atomic E-state index is 13.2. The van der Waals surface area contributed by atoms with Crippen molar-refractivity contribution in [1.29, 1.82) is 0 Å².